The third-order valence-electron chi connectivity index (χ3n) is 4.31. The summed E-state index contributed by atoms with van der Waals surface area (Å²) in [7, 11) is 0. The van der Waals surface area contributed by atoms with Crippen LogP contribution in [0.3, 0.4) is 0 Å². The minimum atomic E-state index is 0.0223. The van der Waals surface area contributed by atoms with Crippen LogP contribution in [0.4, 0.5) is 5.82 Å². The Balaban J connectivity index is 1.81. The van der Waals surface area contributed by atoms with E-state index in [4.69, 9.17) is 5.73 Å². The van der Waals surface area contributed by atoms with E-state index in [1.165, 1.54) is 5.56 Å². The van der Waals surface area contributed by atoms with Crippen molar-refractivity contribution in [2.75, 3.05) is 5.73 Å². The number of benzene rings is 2. The highest BCUT2D eigenvalue weighted by molar-refractivity contribution is 5.83. The molecule has 2 N–H and O–H groups in total. The zero-order valence-electron chi connectivity index (χ0n) is 11.6. The minimum absolute atomic E-state index is 0.0223. The maximum atomic E-state index is 12.7. The maximum Gasteiger partial charge on any atom is 0.260 e. The first kappa shape index (κ1) is 12.2. The molecule has 1 aliphatic rings. The van der Waals surface area contributed by atoms with E-state index in [1.54, 1.807) is 4.57 Å². The predicted octanol–water partition coefficient (Wildman–Crippen LogP) is 3.31. The quantitative estimate of drug-likeness (QED) is 0.780. The standard InChI is InChI=1S/C18H16N2O/c19-17-10-13-8-4-5-9-14(13)18(21)20(17)16-11-15(16)12-6-2-1-3-7-12/h1-10,15-16H,11,19H2. The molecule has 4 rings (SSSR count). The van der Waals surface area contributed by atoms with Crippen molar-refractivity contribution in [2.24, 2.45) is 0 Å². The van der Waals surface area contributed by atoms with Gasteiger partial charge in [0.05, 0.1) is 0 Å². The van der Waals surface area contributed by atoms with Gasteiger partial charge < -0.3 is 5.73 Å². The van der Waals surface area contributed by atoms with Gasteiger partial charge in [-0.25, -0.2) is 0 Å². The minimum Gasteiger partial charge on any atom is -0.385 e. The molecule has 21 heavy (non-hydrogen) atoms. The van der Waals surface area contributed by atoms with Crippen molar-refractivity contribution in [2.45, 2.75) is 18.4 Å². The lowest BCUT2D eigenvalue weighted by molar-refractivity contribution is 0.703. The molecule has 1 saturated carbocycles. The van der Waals surface area contributed by atoms with Gasteiger partial charge in [-0.15, -0.1) is 0 Å². The van der Waals surface area contributed by atoms with Gasteiger partial charge in [-0.3, -0.25) is 9.36 Å². The Labute approximate surface area is 122 Å². The van der Waals surface area contributed by atoms with Crippen LogP contribution in [0.5, 0.6) is 0 Å². The Morgan fingerprint density at radius 2 is 1.71 bits per heavy atom. The number of nitrogens with two attached hydrogens (primary N) is 1. The normalized spacial score (nSPS) is 20.6. The molecule has 3 heteroatoms. The second-order valence-corrected chi connectivity index (χ2v) is 5.65. The van der Waals surface area contributed by atoms with E-state index in [9.17, 15) is 4.79 Å². The van der Waals surface area contributed by atoms with Gasteiger partial charge in [-0.05, 0) is 29.5 Å². The van der Waals surface area contributed by atoms with E-state index in [0.29, 0.717) is 11.7 Å². The summed E-state index contributed by atoms with van der Waals surface area (Å²) in [5, 5.41) is 1.65. The Kier molecular flexibility index (Phi) is 2.61. The summed E-state index contributed by atoms with van der Waals surface area (Å²) in [6.07, 6.45) is 0.979. The molecule has 1 aromatic heterocycles. The fourth-order valence-corrected chi connectivity index (χ4v) is 3.16. The van der Waals surface area contributed by atoms with Crippen LogP contribution in [0.1, 0.15) is 23.9 Å². The fourth-order valence-electron chi connectivity index (χ4n) is 3.16. The van der Waals surface area contributed by atoms with Crippen molar-refractivity contribution in [3.8, 4) is 0 Å². The molecule has 0 bridgehead atoms. The molecule has 0 amide bonds. The molecule has 104 valence electrons. The van der Waals surface area contributed by atoms with Crippen molar-refractivity contribution >= 4 is 16.6 Å². The average molecular weight is 276 g/mol. The number of anilines is 1. The second-order valence-electron chi connectivity index (χ2n) is 5.65. The summed E-state index contributed by atoms with van der Waals surface area (Å²) in [6, 6.07) is 20.0. The van der Waals surface area contributed by atoms with E-state index < -0.39 is 0 Å². The molecule has 1 heterocycles. The van der Waals surface area contributed by atoms with E-state index in [1.807, 2.05) is 48.5 Å². The third-order valence-corrected chi connectivity index (χ3v) is 4.31. The van der Waals surface area contributed by atoms with E-state index in [0.717, 1.165) is 17.2 Å². The van der Waals surface area contributed by atoms with Crippen LogP contribution in [0, 0.1) is 0 Å². The number of hydrogen-bond donors (Lipinski definition) is 1. The highest BCUT2D eigenvalue weighted by Gasteiger charge is 2.41. The van der Waals surface area contributed by atoms with E-state index >= 15 is 0 Å². The van der Waals surface area contributed by atoms with Gasteiger partial charge in [0.2, 0.25) is 0 Å². The van der Waals surface area contributed by atoms with Crippen LogP contribution in [0.15, 0.2) is 65.5 Å². The van der Waals surface area contributed by atoms with E-state index in [2.05, 4.69) is 12.1 Å². The number of nitrogen functional groups attached to an aromatic ring is 1. The second kappa shape index (κ2) is 4.48. The molecule has 0 aliphatic heterocycles. The summed E-state index contributed by atoms with van der Waals surface area (Å²) in [5.41, 5.74) is 7.43. The first-order valence-corrected chi connectivity index (χ1v) is 7.20. The van der Waals surface area contributed by atoms with Crippen molar-refractivity contribution in [1.29, 1.82) is 0 Å². The topological polar surface area (TPSA) is 48.0 Å². The first-order chi connectivity index (χ1) is 10.3. The molecule has 2 atom stereocenters. The lowest BCUT2D eigenvalue weighted by atomic mass is 10.1. The molecule has 1 fully saturated rings. The van der Waals surface area contributed by atoms with Gasteiger partial charge in [0.15, 0.2) is 0 Å². The molecular formula is C18H16N2O. The number of aromatic nitrogens is 1. The summed E-state index contributed by atoms with van der Waals surface area (Å²) < 4.78 is 1.76. The number of hydrogen-bond acceptors (Lipinski definition) is 2. The van der Waals surface area contributed by atoms with Crippen molar-refractivity contribution in [3.63, 3.8) is 0 Å². The van der Waals surface area contributed by atoms with Crippen molar-refractivity contribution in [1.82, 2.24) is 4.57 Å². The van der Waals surface area contributed by atoms with Crippen LogP contribution < -0.4 is 11.3 Å². The van der Waals surface area contributed by atoms with Crippen LogP contribution in [0.2, 0.25) is 0 Å². The summed E-state index contributed by atoms with van der Waals surface area (Å²) in [4.78, 5) is 12.7. The predicted molar refractivity (Wildman–Crippen MR) is 85.5 cm³/mol. The molecule has 1 aliphatic carbocycles. The molecular weight excluding hydrogens is 260 g/mol. The summed E-state index contributed by atoms with van der Waals surface area (Å²) in [5.74, 6) is 0.953. The fraction of sp³-hybridized carbons (Fsp3) is 0.167. The molecule has 2 aromatic carbocycles. The molecule has 2 unspecified atom stereocenters. The Morgan fingerprint density at radius 3 is 2.52 bits per heavy atom. The molecule has 3 aromatic rings. The zero-order valence-corrected chi connectivity index (χ0v) is 11.6. The summed E-state index contributed by atoms with van der Waals surface area (Å²) >= 11 is 0. The number of nitrogens with zero attached hydrogens (tertiary/aromatic N) is 1. The van der Waals surface area contributed by atoms with Gasteiger partial charge >= 0.3 is 0 Å². The van der Waals surface area contributed by atoms with Gasteiger partial charge in [0.1, 0.15) is 5.82 Å². The van der Waals surface area contributed by atoms with Crippen LogP contribution >= 0.6 is 0 Å². The molecule has 0 spiro atoms. The van der Waals surface area contributed by atoms with Gasteiger partial charge in [-0.1, -0.05) is 48.5 Å². The third kappa shape index (κ3) is 1.93. The van der Waals surface area contributed by atoms with Gasteiger partial charge in [0.25, 0.3) is 5.56 Å². The largest absolute Gasteiger partial charge is 0.385 e. The smallest absolute Gasteiger partial charge is 0.260 e. The van der Waals surface area contributed by atoms with E-state index in [-0.39, 0.29) is 11.6 Å². The molecule has 0 saturated heterocycles. The van der Waals surface area contributed by atoms with Crippen LogP contribution in [-0.2, 0) is 0 Å². The number of pyridine rings is 1. The maximum absolute atomic E-state index is 12.7. The number of fused-ring (bicyclic) bond motifs is 1. The number of rotatable bonds is 2. The molecule has 0 radical (unpaired) electrons. The monoisotopic (exact) mass is 276 g/mol. The average Bonchev–Trinajstić information content (AvgIpc) is 3.28. The molecule has 3 nitrogen and oxygen atoms in total. The highest BCUT2D eigenvalue weighted by atomic mass is 16.1. The SMILES string of the molecule is Nc1cc2ccccc2c(=O)n1C1CC1c1ccccc1. The van der Waals surface area contributed by atoms with Crippen LogP contribution in [0.25, 0.3) is 10.8 Å². The highest BCUT2D eigenvalue weighted by Crippen LogP contribution is 2.51. The first-order valence-electron chi connectivity index (χ1n) is 7.20. The van der Waals surface area contributed by atoms with Crippen molar-refractivity contribution in [3.05, 3.63) is 76.6 Å². The van der Waals surface area contributed by atoms with Crippen LogP contribution in [-0.4, -0.2) is 4.57 Å². The zero-order chi connectivity index (χ0) is 14.4. The Bertz CT molecular complexity index is 867. The van der Waals surface area contributed by atoms with Gasteiger partial charge in [-0.2, -0.15) is 0 Å². The van der Waals surface area contributed by atoms with Gasteiger partial charge in [0, 0.05) is 17.3 Å². The van der Waals surface area contributed by atoms with Crippen molar-refractivity contribution < 1.29 is 0 Å². The lowest BCUT2D eigenvalue weighted by Crippen LogP contribution is -2.22. The Hall–Kier alpha value is -2.55. The Morgan fingerprint density at radius 1 is 1.00 bits per heavy atom. The lowest BCUT2D eigenvalue weighted by Gasteiger charge is -2.11. The summed E-state index contributed by atoms with van der Waals surface area (Å²) in [6.45, 7) is 0.